The Kier molecular flexibility index (Phi) is 6.68. The minimum absolute atomic E-state index is 0.0983. The number of carbonyl (C=O) groups is 1. The van der Waals surface area contributed by atoms with Crippen LogP contribution in [0.2, 0.25) is 0 Å². The molecular weight excluding hydrogens is 278 g/mol. The molecule has 0 bridgehead atoms. The lowest BCUT2D eigenvalue weighted by Gasteiger charge is -2.32. The maximum atomic E-state index is 11.9. The van der Waals surface area contributed by atoms with Crippen molar-refractivity contribution in [3.8, 4) is 0 Å². The highest BCUT2D eigenvalue weighted by Gasteiger charge is 2.17. The molecule has 1 fully saturated rings. The normalized spacial score (nSPS) is 17.0. The molecule has 1 saturated heterocycles. The quantitative estimate of drug-likeness (QED) is 0.804. The minimum Gasteiger partial charge on any atom is -0.384 e. The van der Waals surface area contributed by atoms with Gasteiger partial charge in [0.25, 0.3) is 0 Å². The summed E-state index contributed by atoms with van der Waals surface area (Å²) in [6, 6.07) is 8.47. The van der Waals surface area contributed by atoms with E-state index in [1.54, 1.807) is 0 Å². The van der Waals surface area contributed by atoms with Crippen molar-refractivity contribution in [3.05, 3.63) is 29.8 Å². The molecule has 1 unspecified atom stereocenters. The van der Waals surface area contributed by atoms with Crippen LogP contribution in [0.5, 0.6) is 0 Å². The molecule has 2 N–H and O–H groups in total. The number of hydrogen-bond acceptors (Lipinski definition) is 4. The summed E-state index contributed by atoms with van der Waals surface area (Å²) in [6.07, 6.45) is 0.490. The van der Waals surface area contributed by atoms with Gasteiger partial charge in [0, 0.05) is 44.3 Å². The van der Waals surface area contributed by atoms with Crippen molar-refractivity contribution in [1.82, 2.24) is 10.2 Å². The molecular formula is C17H27N3O2. The van der Waals surface area contributed by atoms with E-state index in [1.807, 2.05) is 18.2 Å². The summed E-state index contributed by atoms with van der Waals surface area (Å²) in [4.78, 5) is 14.3. The predicted octanol–water partition coefficient (Wildman–Crippen LogP) is 1.63. The van der Waals surface area contributed by atoms with Gasteiger partial charge in [-0.15, -0.1) is 0 Å². The fourth-order valence-corrected chi connectivity index (χ4v) is 2.58. The van der Waals surface area contributed by atoms with Gasteiger partial charge in [0.15, 0.2) is 0 Å². The first-order chi connectivity index (χ1) is 10.7. The Balaban J connectivity index is 1.62. The van der Waals surface area contributed by atoms with Crippen molar-refractivity contribution in [2.75, 3.05) is 44.7 Å². The summed E-state index contributed by atoms with van der Waals surface area (Å²) < 4.78 is 5.34. The molecule has 1 heterocycles. The molecule has 2 rings (SSSR count). The van der Waals surface area contributed by atoms with Gasteiger partial charge in [-0.05, 0) is 25.5 Å². The highest BCUT2D eigenvalue weighted by atomic mass is 16.5. The third kappa shape index (κ3) is 5.31. The van der Waals surface area contributed by atoms with E-state index >= 15 is 0 Å². The van der Waals surface area contributed by atoms with E-state index in [1.165, 1.54) is 5.56 Å². The van der Waals surface area contributed by atoms with Gasteiger partial charge in [-0.3, -0.25) is 9.69 Å². The lowest BCUT2D eigenvalue weighted by molar-refractivity contribution is -0.121. The Morgan fingerprint density at radius 3 is 2.77 bits per heavy atom. The number of aryl methyl sites for hydroxylation is 1. The van der Waals surface area contributed by atoms with Gasteiger partial charge in [-0.1, -0.05) is 18.2 Å². The zero-order valence-corrected chi connectivity index (χ0v) is 13.6. The smallest absolute Gasteiger partial charge is 0.221 e. The van der Waals surface area contributed by atoms with Crippen molar-refractivity contribution < 1.29 is 9.53 Å². The van der Waals surface area contributed by atoms with Gasteiger partial charge < -0.3 is 15.4 Å². The van der Waals surface area contributed by atoms with Gasteiger partial charge in [-0.2, -0.15) is 0 Å². The Labute approximate surface area is 133 Å². The van der Waals surface area contributed by atoms with E-state index < -0.39 is 0 Å². The largest absolute Gasteiger partial charge is 0.384 e. The molecule has 0 spiro atoms. The molecule has 1 aliphatic heterocycles. The van der Waals surface area contributed by atoms with E-state index in [9.17, 15) is 4.79 Å². The fourth-order valence-electron chi connectivity index (χ4n) is 2.58. The average Bonchev–Trinajstić information content (AvgIpc) is 2.55. The molecule has 0 radical (unpaired) electrons. The Morgan fingerprint density at radius 1 is 1.32 bits per heavy atom. The molecule has 1 aliphatic rings. The third-order valence-corrected chi connectivity index (χ3v) is 4.08. The van der Waals surface area contributed by atoms with Crippen LogP contribution in [-0.4, -0.2) is 56.2 Å². The molecule has 122 valence electrons. The lowest BCUT2D eigenvalue weighted by atomic mass is 10.2. The molecule has 1 aromatic rings. The van der Waals surface area contributed by atoms with Crippen LogP contribution in [0.4, 0.5) is 5.69 Å². The number of anilines is 1. The van der Waals surface area contributed by atoms with Gasteiger partial charge in [-0.25, -0.2) is 0 Å². The van der Waals surface area contributed by atoms with Crippen LogP contribution in [0, 0.1) is 6.92 Å². The van der Waals surface area contributed by atoms with Crippen LogP contribution < -0.4 is 10.6 Å². The lowest BCUT2D eigenvalue weighted by Crippen LogP contribution is -2.47. The summed E-state index contributed by atoms with van der Waals surface area (Å²) in [5.41, 5.74) is 2.29. The molecule has 0 saturated carbocycles. The number of carbonyl (C=O) groups excluding carboxylic acids is 1. The van der Waals surface area contributed by atoms with Crippen LogP contribution in [0.15, 0.2) is 24.3 Å². The average molecular weight is 305 g/mol. The molecule has 1 aromatic carbocycles. The van der Waals surface area contributed by atoms with Crippen molar-refractivity contribution in [2.45, 2.75) is 26.3 Å². The highest BCUT2D eigenvalue weighted by Crippen LogP contribution is 2.12. The summed E-state index contributed by atoms with van der Waals surface area (Å²) in [7, 11) is 0. The third-order valence-electron chi connectivity index (χ3n) is 4.08. The molecule has 0 aliphatic carbocycles. The van der Waals surface area contributed by atoms with Gasteiger partial charge in [0.1, 0.15) is 0 Å². The fraction of sp³-hybridized carbons (Fsp3) is 0.588. The zero-order chi connectivity index (χ0) is 15.8. The molecule has 5 heteroatoms. The SMILES string of the molecule is Cc1ccccc1NCCC(=O)NCC(C)N1CCOCC1. The number of amides is 1. The van der Waals surface area contributed by atoms with Crippen LogP contribution in [0.1, 0.15) is 18.9 Å². The van der Waals surface area contributed by atoms with Crippen LogP contribution in [0.3, 0.4) is 0 Å². The number of ether oxygens (including phenoxy) is 1. The minimum atomic E-state index is 0.0983. The topological polar surface area (TPSA) is 53.6 Å². The van der Waals surface area contributed by atoms with Crippen molar-refractivity contribution >= 4 is 11.6 Å². The Morgan fingerprint density at radius 2 is 2.05 bits per heavy atom. The summed E-state index contributed by atoms with van der Waals surface area (Å²) in [6.45, 7) is 9.05. The first-order valence-corrected chi connectivity index (χ1v) is 8.05. The number of morpholine rings is 1. The molecule has 22 heavy (non-hydrogen) atoms. The van der Waals surface area contributed by atoms with E-state index in [-0.39, 0.29) is 5.91 Å². The number of hydrogen-bond donors (Lipinski definition) is 2. The predicted molar refractivity (Wildman–Crippen MR) is 89.1 cm³/mol. The Bertz CT molecular complexity index is 473. The van der Waals surface area contributed by atoms with Crippen molar-refractivity contribution in [1.29, 1.82) is 0 Å². The highest BCUT2D eigenvalue weighted by molar-refractivity contribution is 5.76. The second kappa shape index (κ2) is 8.76. The van der Waals surface area contributed by atoms with E-state index in [0.717, 1.165) is 32.0 Å². The molecule has 5 nitrogen and oxygen atoms in total. The summed E-state index contributed by atoms with van der Waals surface area (Å²) in [5.74, 6) is 0.0983. The van der Waals surface area contributed by atoms with E-state index in [4.69, 9.17) is 4.74 Å². The monoisotopic (exact) mass is 305 g/mol. The van der Waals surface area contributed by atoms with Crippen LogP contribution in [-0.2, 0) is 9.53 Å². The molecule has 1 amide bonds. The summed E-state index contributed by atoms with van der Waals surface area (Å²) >= 11 is 0. The van der Waals surface area contributed by atoms with Crippen LogP contribution in [0.25, 0.3) is 0 Å². The standard InChI is InChI=1S/C17H27N3O2/c1-14-5-3-4-6-16(14)18-8-7-17(21)19-13-15(2)20-9-11-22-12-10-20/h3-6,15,18H,7-13H2,1-2H3,(H,19,21). The van der Waals surface area contributed by atoms with E-state index in [2.05, 4.69) is 35.4 Å². The first kappa shape index (κ1) is 16.8. The second-order valence-corrected chi connectivity index (χ2v) is 5.79. The molecule has 0 aromatic heterocycles. The molecule has 1 atom stereocenters. The second-order valence-electron chi connectivity index (χ2n) is 5.79. The zero-order valence-electron chi connectivity index (χ0n) is 13.6. The van der Waals surface area contributed by atoms with E-state index in [0.29, 0.717) is 25.6 Å². The van der Waals surface area contributed by atoms with Crippen molar-refractivity contribution in [3.63, 3.8) is 0 Å². The number of nitrogens with one attached hydrogen (secondary N) is 2. The van der Waals surface area contributed by atoms with Gasteiger partial charge in [0.05, 0.1) is 13.2 Å². The maximum Gasteiger partial charge on any atom is 0.221 e. The van der Waals surface area contributed by atoms with Crippen LogP contribution >= 0.6 is 0 Å². The first-order valence-electron chi connectivity index (χ1n) is 8.05. The number of nitrogens with zero attached hydrogens (tertiary/aromatic N) is 1. The number of rotatable bonds is 7. The maximum absolute atomic E-state index is 11.9. The Hall–Kier alpha value is -1.59. The van der Waals surface area contributed by atoms with Gasteiger partial charge >= 0.3 is 0 Å². The number of benzene rings is 1. The van der Waals surface area contributed by atoms with Crippen molar-refractivity contribution in [2.24, 2.45) is 0 Å². The number of para-hydroxylation sites is 1. The summed E-state index contributed by atoms with van der Waals surface area (Å²) in [5, 5.41) is 6.33. The van der Waals surface area contributed by atoms with Gasteiger partial charge in [0.2, 0.25) is 5.91 Å².